The Balaban J connectivity index is 2.42. The van der Waals surface area contributed by atoms with Gasteiger partial charge in [0.15, 0.2) is 5.82 Å². The number of hydrogen-bond donors (Lipinski definition) is 1. The van der Waals surface area contributed by atoms with Crippen molar-refractivity contribution < 1.29 is 14.6 Å². The van der Waals surface area contributed by atoms with Crippen molar-refractivity contribution >= 4 is 5.97 Å². The van der Waals surface area contributed by atoms with Crippen LogP contribution >= 0.6 is 0 Å². The summed E-state index contributed by atoms with van der Waals surface area (Å²) in [6, 6.07) is 0. The number of aromatic nitrogens is 2. The Morgan fingerprint density at radius 2 is 1.85 bits per heavy atom. The monoisotopic (exact) mass is 278 g/mol. The lowest BCUT2D eigenvalue weighted by atomic mass is 10.0. The van der Waals surface area contributed by atoms with Gasteiger partial charge >= 0.3 is 5.97 Å². The first-order chi connectivity index (χ1) is 9.60. The van der Waals surface area contributed by atoms with Crippen molar-refractivity contribution in [2.24, 2.45) is 5.92 Å². The largest absolute Gasteiger partial charge is 0.481 e. The number of nitrogens with zero attached hydrogens (tertiary/aromatic N) is 2. The first-order valence-electron chi connectivity index (χ1n) is 7.23. The van der Waals surface area contributed by atoms with Gasteiger partial charge < -0.3 is 9.84 Å². The summed E-state index contributed by atoms with van der Waals surface area (Å²) in [4.78, 5) is 20.2. The minimum atomic E-state index is -0.837. The van der Waals surface area contributed by atoms with Crippen LogP contribution in [0.2, 0.25) is 0 Å². The standard InChI is InChI=1S/C15H22N2O3/c1-4-11-10(8-13(18)19)12(5-2)17-15(16-11)14(20-3)9-6-7-9/h9,14H,4-8H2,1-3H3,(H,18,19). The third kappa shape index (κ3) is 3.15. The highest BCUT2D eigenvalue weighted by Gasteiger charge is 2.35. The van der Waals surface area contributed by atoms with E-state index in [9.17, 15) is 4.79 Å². The van der Waals surface area contributed by atoms with Crippen LogP contribution in [0.4, 0.5) is 0 Å². The number of ether oxygens (including phenoxy) is 1. The molecule has 1 aliphatic rings. The average Bonchev–Trinajstić information content (AvgIpc) is 3.24. The van der Waals surface area contributed by atoms with Gasteiger partial charge in [-0.2, -0.15) is 0 Å². The second-order valence-corrected chi connectivity index (χ2v) is 5.23. The summed E-state index contributed by atoms with van der Waals surface area (Å²) < 4.78 is 5.54. The van der Waals surface area contributed by atoms with Crippen molar-refractivity contribution in [3.05, 3.63) is 22.8 Å². The maximum Gasteiger partial charge on any atom is 0.307 e. The molecule has 1 aromatic rings. The molecule has 0 aliphatic heterocycles. The molecule has 0 bridgehead atoms. The first-order valence-corrected chi connectivity index (χ1v) is 7.23. The van der Waals surface area contributed by atoms with Crippen LogP contribution in [0.3, 0.4) is 0 Å². The van der Waals surface area contributed by atoms with E-state index in [0.717, 1.165) is 35.6 Å². The number of methoxy groups -OCH3 is 1. The molecule has 1 N–H and O–H groups in total. The SMILES string of the molecule is CCc1nc(C(OC)C2CC2)nc(CC)c1CC(=O)O. The van der Waals surface area contributed by atoms with Crippen LogP contribution in [0, 0.1) is 5.92 Å². The molecule has 20 heavy (non-hydrogen) atoms. The van der Waals surface area contributed by atoms with Crippen molar-refractivity contribution in [2.45, 2.75) is 52.1 Å². The molecule has 1 unspecified atom stereocenters. The van der Waals surface area contributed by atoms with Crippen LogP contribution in [-0.4, -0.2) is 28.2 Å². The molecule has 2 rings (SSSR count). The Kier molecular flexibility index (Phi) is 4.70. The fourth-order valence-electron chi connectivity index (χ4n) is 2.58. The van der Waals surface area contributed by atoms with Gasteiger partial charge in [0.05, 0.1) is 6.42 Å². The van der Waals surface area contributed by atoms with Gasteiger partial charge in [0.2, 0.25) is 0 Å². The van der Waals surface area contributed by atoms with E-state index in [2.05, 4.69) is 9.97 Å². The molecule has 1 aromatic heterocycles. The van der Waals surface area contributed by atoms with Crippen LogP contribution in [0.5, 0.6) is 0 Å². The number of carboxylic acid groups (broad SMARTS) is 1. The topological polar surface area (TPSA) is 72.3 Å². The first kappa shape index (κ1) is 14.9. The van der Waals surface area contributed by atoms with E-state index in [1.807, 2.05) is 13.8 Å². The molecule has 0 radical (unpaired) electrons. The zero-order valence-electron chi connectivity index (χ0n) is 12.3. The summed E-state index contributed by atoms with van der Waals surface area (Å²) >= 11 is 0. The lowest BCUT2D eigenvalue weighted by Crippen LogP contribution is -2.16. The number of carbonyl (C=O) groups is 1. The van der Waals surface area contributed by atoms with Crippen molar-refractivity contribution in [3.63, 3.8) is 0 Å². The van der Waals surface area contributed by atoms with Gasteiger partial charge in [0, 0.05) is 24.1 Å². The second-order valence-electron chi connectivity index (χ2n) is 5.23. The fourth-order valence-corrected chi connectivity index (χ4v) is 2.58. The Hall–Kier alpha value is -1.49. The van der Waals surface area contributed by atoms with Gasteiger partial charge in [0.25, 0.3) is 0 Å². The van der Waals surface area contributed by atoms with E-state index < -0.39 is 5.97 Å². The van der Waals surface area contributed by atoms with Gasteiger partial charge in [-0.1, -0.05) is 13.8 Å². The molecule has 1 saturated carbocycles. The van der Waals surface area contributed by atoms with Gasteiger partial charge in [-0.3, -0.25) is 4.79 Å². The highest BCUT2D eigenvalue weighted by atomic mass is 16.5. The Bertz CT molecular complexity index is 473. The van der Waals surface area contributed by atoms with E-state index in [-0.39, 0.29) is 12.5 Å². The number of aryl methyl sites for hydroxylation is 2. The Morgan fingerprint density at radius 1 is 1.30 bits per heavy atom. The molecule has 1 aliphatic carbocycles. The van der Waals surface area contributed by atoms with E-state index in [1.165, 1.54) is 0 Å². The smallest absolute Gasteiger partial charge is 0.307 e. The molecule has 0 spiro atoms. The lowest BCUT2D eigenvalue weighted by Gasteiger charge is -2.17. The molecule has 5 heteroatoms. The molecular formula is C15H22N2O3. The highest BCUT2D eigenvalue weighted by Crippen LogP contribution is 2.42. The quantitative estimate of drug-likeness (QED) is 0.828. The second kappa shape index (κ2) is 6.31. The van der Waals surface area contributed by atoms with Crippen LogP contribution in [0.25, 0.3) is 0 Å². The zero-order chi connectivity index (χ0) is 14.7. The van der Waals surface area contributed by atoms with Gasteiger partial charge in [-0.05, 0) is 31.6 Å². The van der Waals surface area contributed by atoms with Crippen LogP contribution < -0.4 is 0 Å². The van der Waals surface area contributed by atoms with Crippen LogP contribution in [0.1, 0.15) is 55.6 Å². The molecule has 0 amide bonds. The third-order valence-corrected chi connectivity index (χ3v) is 3.75. The summed E-state index contributed by atoms with van der Waals surface area (Å²) in [5, 5.41) is 9.05. The van der Waals surface area contributed by atoms with Crippen LogP contribution in [0.15, 0.2) is 0 Å². The van der Waals surface area contributed by atoms with Crippen molar-refractivity contribution in [3.8, 4) is 0 Å². The van der Waals surface area contributed by atoms with E-state index in [4.69, 9.17) is 9.84 Å². The van der Waals surface area contributed by atoms with Crippen molar-refractivity contribution in [2.75, 3.05) is 7.11 Å². The molecular weight excluding hydrogens is 256 g/mol. The summed E-state index contributed by atoms with van der Waals surface area (Å²) in [5.74, 6) is 0.397. The number of hydrogen-bond acceptors (Lipinski definition) is 4. The molecule has 0 saturated heterocycles. The Labute approximate surface area is 119 Å². The van der Waals surface area contributed by atoms with E-state index >= 15 is 0 Å². The number of aliphatic carboxylic acids is 1. The molecule has 110 valence electrons. The summed E-state index contributed by atoms with van der Waals surface area (Å²) in [7, 11) is 1.69. The highest BCUT2D eigenvalue weighted by molar-refractivity contribution is 5.71. The third-order valence-electron chi connectivity index (χ3n) is 3.75. The lowest BCUT2D eigenvalue weighted by molar-refractivity contribution is -0.136. The molecule has 1 atom stereocenters. The van der Waals surface area contributed by atoms with Crippen molar-refractivity contribution in [1.29, 1.82) is 0 Å². The average molecular weight is 278 g/mol. The minimum absolute atomic E-state index is 0.00625. The normalized spacial score (nSPS) is 16.1. The number of rotatable bonds is 7. The summed E-state index contributed by atoms with van der Waals surface area (Å²) in [5.41, 5.74) is 2.46. The van der Waals surface area contributed by atoms with Gasteiger partial charge in [-0.15, -0.1) is 0 Å². The zero-order valence-corrected chi connectivity index (χ0v) is 12.3. The van der Waals surface area contributed by atoms with Gasteiger partial charge in [-0.25, -0.2) is 9.97 Å². The van der Waals surface area contributed by atoms with E-state index in [0.29, 0.717) is 18.8 Å². The molecule has 1 fully saturated rings. The summed E-state index contributed by atoms with van der Waals surface area (Å²) in [6.45, 7) is 3.99. The maximum atomic E-state index is 11.0. The van der Waals surface area contributed by atoms with Crippen molar-refractivity contribution in [1.82, 2.24) is 9.97 Å². The molecule has 5 nitrogen and oxygen atoms in total. The minimum Gasteiger partial charge on any atom is -0.481 e. The van der Waals surface area contributed by atoms with Gasteiger partial charge in [0.1, 0.15) is 6.10 Å². The Morgan fingerprint density at radius 3 is 2.20 bits per heavy atom. The summed E-state index contributed by atoms with van der Waals surface area (Å²) in [6.07, 6.45) is 3.68. The fraction of sp³-hybridized carbons (Fsp3) is 0.667. The molecule has 1 heterocycles. The van der Waals surface area contributed by atoms with Crippen LogP contribution in [-0.2, 0) is 28.8 Å². The van der Waals surface area contributed by atoms with E-state index in [1.54, 1.807) is 7.11 Å². The predicted octanol–water partition coefficient (Wildman–Crippen LogP) is 2.33. The predicted molar refractivity (Wildman–Crippen MR) is 74.6 cm³/mol. The number of carboxylic acids is 1. The molecule has 0 aromatic carbocycles. The maximum absolute atomic E-state index is 11.0.